The molecule has 0 atom stereocenters. The van der Waals surface area contributed by atoms with Gasteiger partial charge in [-0.25, -0.2) is 12.7 Å². The number of nitrogens with one attached hydrogen (secondary N) is 2. The van der Waals surface area contributed by atoms with E-state index in [2.05, 4.69) is 15.5 Å². The Bertz CT molecular complexity index is 916. The van der Waals surface area contributed by atoms with Gasteiger partial charge in [0, 0.05) is 17.8 Å². The number of nitrogens with zero attached hydrogens (tertiary/aromatic N) is 2. The Morgan fingerprint density at radius 1 is 1.35 bits per heavy atom. The molecule has 2 N–H and O–H groups in total. The lowest BCUT2D eigenvalue weighted by Gasteiger charge is -2.13. The largest absolute Gasteiger partial charge is 0.319 e. The number of carbonyl (C=O) groups excluding carboxylic acids is 2. The monoisotopic (exact) mass is 332 g/mol. The summed E-state index contributed by atoms with van der Waals surface area (Å²) in [5, 5.41) is 8.86. The molecular formula is C14H12N4O4S. The maximum Gasteiger partial charge on any atom is 0.269 e. The number of carbonyl (C=O) groups is 2. The van der Waals surface area contributed by atoms with Crippen molar-refractivity contribution in [1.82, 2.24) is 14.5 Å². The molecule has 8 nitrogen and oxygen atoms in total. The molecular weight excluding hydrogens is 320 g/mol. The molecule has 2 aliphatic rings. The molecule has 1 aromatic heterocycles. The number of hydrogen-bond acceptors (Lipinski definition) is 5. The third-order valence-corrected chi connectivity index (χ3v) is 5.72. The van der Waals surface area contributed by atoms with E-state index in [9.17, 15) is 18.0 Å². The summed E-state index contributed by atoms with van der Waals surface area (Å²) >= 11 is 0. The van der Waals surface area contributed by atoms with E-state index in [4.69, 9.17) is 0 Å². The number of anilines is 1. The second-order valence-corrected chi connectivity index (χ2v) is 7.27. The van der Waals surface area contributed by atoms with Crippen LogP contribution in [0.15, 0.2) is 35.5 Å². The number of sulfonamides is 1. The first-order valence-electron chi connectivity index (χ1n) is 7.01. The number of benzene rings is 1. The van der Waals surface area contributed by atoms with Crippen molar-refractivity contribution in [1.29, 1.82) is 0 Å². The molecule has 0 spiro atoms. The van der Waals surface area contributed by atoms with Crippen LogP contribution in [-0.4, -0.2) is 40.8 Å². The summed E-state index contributed by atoms with van der Waals surface area (Å²) in [6.45, 7) is 0. The van der Waals surface area contributed by atoms with E-state index in [-0.39, 0.29) is 22.1 Å². The molecule has 0 unspecified atom stereocenters. The number of amides is 2. The predicted molar refractivity (Wildman–Crippen MR) is 79.4 cm³/mol. The molecule has 1 aliphatic carbocycles. The highest BCUT2D eigenvalue weighted by Gasteiger charge is 2.48. The zero-order valence-corrected chi connectivity index (χ0v) is 12.6. The molecule has 0 radical (unpaired) electrons. The second kappa shape index (κ2) is 4.66. The first-order valence-corrected chi connectivity index (χ1v) is 8.45. The lowest BCUT2D eigenvalue weighted by Crippen LogP contribution is -2.31. The summed E-state index contributed by atoms with van der Waals surface area (Å²) in [6, 6.07) is 3.84. The van der Waals surface area contributed by atoms with Crippen LogP contribution >= 0.6 is 0 Å². The van der Waals surface area contributed by atoms with E-state index in [0.29, 0.717) is 18.5 Å². The van der Waals surface area contributed by atoms with Crippen LogP contribution in [0.4, 0.5) is 5.69 Å². The standard InChI is InChI=1S/C14H12N4O4S/c19-13(17-9-6-15-16-7-9)8-1-4-11-12(5-8)23(21,22)18(14(11)20)10-2-3-10/h1,4-7,10H,2-3H2,(H,15,16)(H,17,19). The van der Waals surface area contributed by atoms with Crippen molar-refractivity contribution < 1.29 is 18.0 Å². The molecule has 1 aliphatic heterocycles. The van der Waals surface area contributed by atoms with E-state index in [1.54, 1.807) is 0 Å². The Morgan fingerprint density at radius 2 is 2.13 bits per heavy atom. The van der Waals surface area contributed by atoms with E-state index in [1.807, 2.05) is 0 Å². The number of rotatable bonds is 3. The van der Waals surface area contributed by atoms with E-state index in [1.165, 1.54) is 30.6 Å². The summed E-state index contributed by atoms with van der Waals surface area (Å²) in [7, 11) is -3.87. The lowest BCUT2D eigenvalue weighted by molar-refractivity contribution is 0.0864. The minimum atomic E-state index is -3.87. The Labute approximate surface area is 131 Å². The van der Waals surface area contributed by atoms with Gasteiger partial charge in [-0.05, 0) is 31.0 Å². The fourth-order valence-electron chi connectivity index (χ4n) is 2.58. The minimum Gasteiger partial charge on any atom is -0.319 e. The van der Waals surface area contributed by atoms with Crippen molar-refractivity contribution in [2.45, 2.75) is 23.8 Å². The van der Waals surface area contributed by atoms with Crippen LogP contribution in [0.5, 0.6) is 0 Å². The Kier molecular flexibility index (Phi) is 2.82. The molecule has 2 heterocycles. The molecule has 0 saturated heterocycles. The number of hydrogen-bond donors (Lipinski definition) is 2. The Morgan fingerprint density at radius 3 is 2.78 bits per heavy atom. The number of aromatic nitrogens is 2. The highest BCUT2D eigenvalue weighted by Crippen LogP contribution is 2.39. The lowest BCUT2D eigenvalue weighted by atomic mass is 10.1. The zero-order chi connectivity index (χ0) is 16.2. The molecule has 118 valence electrons. The van der Waals surface area contributed by atoms with E-state index >= 15 is 0 Å². The highest BCUT2D eigenvalue weighted by molar-refractivity contribution is 7.90. The van der Waals surface area contributed by atoms with Gasteiger partial charge >= 0.3 is 0 Å². The summed E-state index contributed by atoms with van der Waals surface area (Å²) in [4.78, 5) is 24.3. The van der Waals surface area contributed by atoms with Gasteiger partial charge < -0.3 is 5.32 Å². The molecule has 23 heavy (non-hydrogen) atoms. The van der Waals surface area contributed by atoms with E-state index in [0.717, 1.165) is 4.31 Å². The van der Waals surface area contributed by atoms with Gasteiger partial charge in [0.15, 0.2) is 0 Å². The summed E-state index contributed by atoms with van der Waals surface area (Å²) < 4.78 is 26.0. The summed E-state index contributed by atoms with van der Waals surface area (Å²) in [6.07, 6.45) is 4.31. The van der Waals surface area contributed by atoms with Gasteiger partial charge in [0.05, 0.1) is 17.4 Å². The minimum absolute atomic E-state index is 0.103. The van der Waals surface area contributed by atoms with Crippen molar-refractivity contribution in [3.8, 4) is 0 Å². The number of aromatic amines is 1. The van der Waals surface area contributed by atoms with Crippen molar-refractivity contribution in [3.63, 3.8) is 0 Å². The average Bonchev–Trinajstić information content (AvgIpc) is 3.16. The van der Waals surface area contributed by atoms with Gasteiger partial charge in [-0.2, -0.15) is 5.10 Å². The van der Waals surface area contributed by atoms with Crippen LogP contribution in [-0.2, 0) is 10.0 Å². The molecule has 2 aromatic rings. The first-order chi connectivity index (χ1) is 11.0. The Balaban J connectivity index is 1.71. The molecule has 9 heteroatoms. The molecule has 1 saturated carbocycles. The topological polar surface area (TPSA) is 112 Å². The molecule has 0 bridgehead atoms. The summed E-state index contributed by atoms with van der Waals surface area (Å²) in [5.41, 5.74) is 0.754. The van der Waals surface area contributed by atoms with Crippen molar-refractivity contribution in [2.75, 3.05) is 5.32 Å². The molecule has 2 amide bonds. The van der Waals surface area contributed by atoms with Gasteiger partial charge in [-0.15, -0.1) is 0 Å². The predicted octanol–water partition coefficient (Wildman–Crippen LogP) is 0.969. The molecule has 1 aromatic carbocycles. The van der Waals surface area contributed by atoms with Crippen molar-refractivity contribution in [3.05, 3.63) is 41.7 Å². The third kappa shape index (κ3) is 2.12. The number of H-pyrrole nitrogens is 1. The second-order valence-electron chi connectivity index (χ2n) is 5.49. The quantitative estimate of drug-likeness (QED) is 0.869. The normalized spacial score (nSPS) is 18.8. The Hall–Kier alpha value is -2.68. The highest BCUT2D eigenvalue weighted by atomic mass is 32.2. The maximum atomic E-state index is 12.5. The average molecular weight is 332 g/mol. The van der Waals surface area contributed by atoms with Gasteiger partial charge in [0.25, 0.3) is 21.8 Å². The SMILES string of the molecule is O=C(Nc1cn[nH]c1)c1ccc2c(c1)S(=O)(=O)N(C1CC1)C2=O. The van der Waals surface area contributed by atoms with Crippen LogP contribution in [0, 0.1) is 0 Å². The van der Waals surface area contributed by atoms with Crippen LogP contribution in [0.25, 0.3) is 0 Å². The smallest absolute Gasteiger partial charge is 0.269 e. The van der Waals surface area contributed by atoms with Crippen molar-refractivity contribution >= 4 is 27.5 Å². The first kappa shape index (κ1) is 13.9. The van der Waals surface area contributed by atoms with Crippen LogP contribution in [0.3, 0.4) is 0 Å². The molecule has 1 fully saturated rings. The maximum absolute atomic E-state index is 12.5. The van der Waals surface area contributed by atoms with Gasteiger partial charge in [-0.1, -0.05) is 0 Å². The van der Waals surface area contributed by atoms with Crippen molar-refractivity contribution in [2.24, 2.45) is 0 Å². The van der Waals surface area contributed by atoms with Gasteiger partial charge in [-0.3, -0.25) is 14.7 Å². The van der Waals surface area contributed by atoms with Gasteiger partial charge in [0.1, 0.15) is 4.90 Å². The molecule has 4 rings (SSSR count). The van der Waals surface area contributed by atoms with E-state index < -0.39 is 21.8 Å². The summed E-state index contributed by atoms with van der Waals surface area (Å²) in [5.74, 6) is -0.981. The van der Waals surface area contributed by atoms with Crippen LogP contribution in [0.2, 0.25) is 0 Å². The van der Waals surface area contributed by atoms with Crippen LogP contribution in [0.1, 0.15) is 33.6 Å². The van der Waals surface area contributed by atoms with Gasteiger partial charge in [0.2, 0.25) is 0 Å². The van der Waals surface area contributed by atoms with Crippen LogP contribution < -0.4 is 5.32 Å². The third-order valence-electron chi connectivity index (χ3n) is 3.85. The number of fused-ring (bicyclic) bond motifs is 1. The fourth-order valence-corrected chi connectivity index (χ4v) is 4.42. The fraction of sp³-hybridized carbons (Fsp3) is 0.214. The zero-order valence-electron chi connectivity index (χ0n) is 11.8.